The molecule has 2 aliphatic rings. The number of carbonyl (C=O) groups is 4. The van der Waals surface area contributed by atoms with E-state index >= 15 is 0 Å². The second-order valence-electron chi connectivity index (χ2n) is 12.6. The third-order valence-corrected chi connectivity index (χ3v) is 9.80. The molecular formula is C36H59N5O9S. The number of hydrogen-bond acceptors (Lipinski definition) is 10. The first-order chi connectivity index (χ1) is 24.9. The smallest absolute Gasteiger partial charge is 0.315 e. The summed E-state index contributed by atoms with van der Waals surface area (Å²) in [4.78, 5) is 47.5. The van der Waals surface area contributed by atoms with Gasteiger partial charge in [0.25, 0.3) is 0 Å². The van der Waals surface area contributed by atoms with Crippen LogP contribution in [0.5, 0.6) is 5.75 Å². The number of rotatable bonds is 30. The first-order valence-electron chi connectivity index (χ1n) is 18.4. The molecule has 0 bridgehead atoms. The van der Waals surface area contributed by atoms with Crippen molar-refractivity contribution in [2.45, 2.75) is 82.0 Å². The fraction of sp³-hybridized carbons (Fsp3) is 0.722. The molecule has 51 heavy (non-hydrogen) atoms. The number of amides is 5. The summed E-state index contributed by atoms with van der Waals surface area (Å²) < 4.78 is 27.7. The number of fused-ring (bicyclic) bond motifs is 1. The standard InChI is InChI=1S/C36H59N5O9S/c1-28-11-13-29(14-12-28)50-26-25-48-20-17-39-34(44)10-4-9-33(43)38-16-6-19-47-22-24-49-23-21-46-18-5-15-37-32(42)8-3-2-7-31-35-30(27-51-31)40-36(45)41-35/h11-14,30-31,35H,2-10,15-27H2,1H3,(H,37,42)(H,38,43)(H,39,44)(H2,40,41,45). The van der Waals surface area contributed by atoms with Gasteiger partial charge in [-0.25, -0.2) is 4.79 Å². The Labute approximate surface area is 306 Å². The molecule has 1 aromatic rings. The molecule has 2 fully saturated rings. The number of unbranched alkanes of at least 4 members (excludes halogenated alkanes) is 1. The number of urea groups is 1. The highest BCUT2D eigenvalue weighted by atomic mass is 32.2. The molecule has 0 spiro atoms. The number of hydrogen-bond donors (Lipinski definition) is 5. The van der Waals surface area contributed by atoms with Gasteiger partial charge >= 0.3 is 6.03 Å². The average molecular weight is 738 g/mol. The van der Waals surface area contributed by atoms with Crippen LogP contribution >= 0.6 is 11.8 Å². The molecule has 1 aromatic carbocycles. The van der Waals surface area contributed by atoms with Crippen LogP contribution in [0.25, 0.3) is 0 Å². The topological polar surface area (TPSA) is 175 Å². The van der Waals surface area contributed by atoms with Crippen molar-refractivity contribution in [3.05, 3.63) is 29.8 Å². The van der Waals surface area contributed by atoms with E-state index in [2.05, 4.69) is 26.6 Å². The Morgan fingerprint density at radius 1 is 0.667 bits per heavy atom. The van der Waals surface area contributed by atoms with Crippen molar-refractivity contribution in [1.82, 2.24) is 26.6 Å². The highest BCUT2D eigenvalue weighted by Gasteiger charge is 2.42. The molecule has 15 heteroatoms. The molecule has 0 saturated carbocycles. The summed E-state index contributed by atoms with van der Waals surface area (Å²) in [6.45, 7) is 7.82. The molecule has 2 saturated heterocycles. The SMILES string of the molecule is Cc1ccc(OCCOCCNC(=O)CCCC(=O)NCCCOCCOCCOCCCNC(=O)CCCCC2SCC3NC(=O)NC32)cc1. The van der Waals surface area contributed by atoms with Gasteiger partial charge in [0.2, 0.25) is 17.7 Å². The second kappa shape index (κ2) is 26.6. The minimum Gasteiger partial charge on any atom is -0.491 e. The summed E-state index contributed by atoms with van der Waals surface area (Å²) in [6.07, 6.45) is 5.89. The van der Waals surface area contributed by atoms with Crippen molar-refractivity contribution in [3.8, 4) is 5.75 Å². The molecule has 0 aliphatic carbocycles. The fourth-order valence-electron chi connectivity index (χ4n) is 5.51. The van der Waals surface area contributed by atoms with Crippen LogP contribution in [-0.2, 0) is 33.3 Å². The highest BCUT2D eigenvalue weighted by Crippen LogP contribution is 2.33. The number of nitrogens with one attached hydrogen (secondary N) is 5. The summed E-state index contributed by atoms with van der Waals surface area (Å²) in [5.41, 5.74) is 1.18. The number of benzene rings is 1. The Hall–Kier alpha value is -3.11. The molecule has 2 aliphatic heterocycles. The Kier molecular flexibility index (Phi) is 22.1. The normalized spacial score (nSPS) is 17.7. The van der Waals surface area contributed by atoms with Crippen molar-refractivity contribution in [1.29, 1.82) is 0 Å². The van der Waals surface area contributed by atoms with E-state index in [1.807, 2.05) is 43.0 Å². The van der Waals surface area contributed by atoms with E-state index in [-0.39, 0.29) is 35.8 Å². The van der Waals surface area contributed by atoms with Crippen LogP contribution in [0.1, 0.15) is 63.4 Å². The van der Waals surface area contributed by atoms with Crippen LogP contribution in [-0.4, -0.2) is 126 Å². The lowest BCUT2D eigenvalue weighted by molar-refractivity contribution is -0.123. The van der Waals surface area contributed by atoms with Crippen LogP contribution in [0.15, 0.2) is 24.3 Å². The van der Waals surface area contributed by atoms with Crippen molar-refractivity contribution >= 4 is 35.5 Å². The highest BCUT2D eigenvalue weighted by molar-refractivity contribution is 8.00. The van der Waals surface area contributed by atoms with E-state index in [4.69, 9.17) is 23.7 Å². The number of ether oxygens (including phenoxy) is 5. The van der Waals surface area contributed by atoms with Crippen LogP contribution in [0.4, 0.5) is 4.79 Å². The summed E-state index contributed by atoms with van der Waals surface area (Å²) in [7, 11) is 0. The first kappa shape index (κ1) is 42.3. The zero-order chi connectivity index (χ0) is 36.4. The van der Waals surface area contributed by atoms with Gasteiger partial charge < -0.3 is 50.3 Å². The minimum absolute atomic E-state index is 0.0615. The van der Waals surface area contributed by atoms with Gasteiger partial charge in [0.05, 0.1) is 51.7 Å². The maximum atomic E-state index is 12.1. The third-order valence-electron chi connectivity index (χ3n) is 8.29. The molecule has 2 heterocycles. The van der Waals surface area contributed by atoms with Gasteiger partial charge in [-0.05, 0) is 51.2 Å². The lowest BCUT2D eigenvalue weighted by Crippen LogP contribution is -2.36. The summed E-state index contributed by atoms with van der Waals surface area (Å²) in [5.74, 6) is 1.66. The second-order valence-corrected chi connectivity index (χ2v) is 13.9. The van der Waals surface area contributed by atoms with Crippen LogP contribution in [0, 0.1) is 6.92 Å². The fourth-order valence-corrected chi connectivity index (χ4v) is 7.06. The van der Waals surface area contributed by atoms with Gasteiger partial charge in [-0.1, -0.05) is 24.1 Å². The summed E-state index contributed by atoms with van der Waals surface area (Å²) in [6, 6.07) is 8.23. The molecule has 3 rings (SSSR count). The summed E-state index contributed by atoms with van der Waals surface area (Å²) >= 11 is 1.90. The van der Waals surface area contributed by atoms with E-state index in [1.54, 1.807) is 0 Å². The molecule has 0 radical (unpaired) electrons. The lowest BCUT2D eigenvalue weighted by atomic mass is 10.0. The van der Waals surface area contributed by atoms with Crippen molar-refractivity contribution < 1.29 is 42.9 Å². The molecule has 288 valence electrons. The first-order valence-corrected chi connectivity index (χ1v) is 19.4. The number of carbonyl (C=O) groups excluding carboxylic acids is 4. The van der Waals surface area contributed by atoms with Gasteiger partial charge in [-0.3, -0.25) is 14.4 Å². The van der Waals surface area contributed by atoms with Gasteiger partial charge in [0.1, 0.15) is 12.4 Å². The predicted molar refractivity (Wildman–Crippen MR) is 196 cm³/mol. The van der Waals surface area contributed by atoms with Gasteiger partial charge in [0.15, 0.2) is 0 Å². The monoisotopic (exact) mass is 737 g/mol. The zero-order valence-electron chi connectivity index (χ0n) is 30.2. The summed E-state index contributed by atoms with van der Waals surface area (Å²) in [5, 5.41) is 15.0. The van der Waals surface area contributed by atoms with Crippen LogP contribution in [0.3, 0.4) is 0 Å². The van der Waals surface area contributed by atoms with Crippen molar-refractivity contribution in [3.63, 3.8) is 0 Å². The third kappa shape index (κ3) is 19.9. The Bertz CT molecular complexity index is 1150. The van der Waals surface area contributed by atoms with E-state index in [0.717, 1.165) is 37.2 Å². The molecule has 3 unspecified atom stereocenters. The van der Waals surface area contributed by atoms with Gasteiger partial charge in [-0.2, -0.15) is 11.8 Å². The number of thioether (sulfide) groups is 1. The van der Waals surface area contributed by atoms with E-state index < -0.39 is 0 Å². The van der Waals surface area contributed by atoms with Crippen molar-refractivity contribution in [2.24, 2.45) is 0 Å². The van der Waals surface area contributed by atoms with E-state index in [9.17, 15) is 19.2 Å². The molecule has 14 nitrogen and oxygen atoms in total. The van der Waals surface area contributed by atoms with Crippen LogP contribution in [0.2, 0.25) is 0 Å². The van der Waals surface area contributed by atoms with Gasteiger partial charge in [0, 0.05) is 63.1 Å². The maximum Gasteiger partial charge on any atom is 0.315 e. The average Bonchev–Trinajstić information content (AvgIpc) is 3.67. The van der Waals surface area contributed by atoms with E-state index in [0.29, 0.717) is 116 Å². The maximum absolute atomic E-state index is 12.1. The molecule has 0 aromatic heterocycles. The molecular weight excluding hydrogens is 678 g/mol. The Morgan fingerprint density at radius 3 is 1.86 bits per heavy atom. The van der Waals surface area contributed by atoms with Gasteiger partial charge in [-0.15, -0.1) is 0 Å². The number of aryl methyl sites for hydroxylation is 1. The quantitative estimate of drug-likeness (QED) is 0.0583. The largest absolute Gasteiger partial charge is 0.491 e. The Balaban J connectivity index is 0.966. The van der Waals surface area contributed by atoms with Crippen LogP contribution < -0.4 is 31.3 Å². The lowest BCUT2D eigenvalue weighted by Gasteiger charge is -2.16. The minimum atomic E-state index is -0.0960. The molecule has 3 atom stereocenters. The molecule has 5 N–H and O–H groups in total. The zero-order valence-corrected chi connectivity index (χ0v) is 31.0. The van der Waals surface area contributed by atoms with Crippen molar-refractivity contribution in [2.75, 3.05) is 84.8 Å². The molecule has 5 amide bonds. The van der Waals surface area contributed by atoms with E-state index in [1.165, 1.54) is 5.56 Å². The predicted octanol–water partition coefficient (Wildman–Crippen LogP) is 2.47. The Morgan fingerprint density at radius 2 is 1.22 bits per heavy atom.